The van der Waals surface area contributed by atoms with E-state index in [0.29, 0.717) is 0 Å². The van der Waals surface area contributed by atoms with Crippen LogP contribution in [0.3, 0.4) is 0 Å². The largest absolute Gasteiger partial charge is 0.434 e. The number of Topliss-reactive ketones (excluding diaryl/α,β-unsaturated/α-hetero) is 1. The highest BCUT2D eigenvalue weighted by Crippen LogP contribution is 2.18. The van der Waals surface area contributed by atoms with Crippen molar-refractivity contribution < 1.29 is 4.79 Å². The molecule has 1 rings (SSSR count). The van der Waals surface area contributed by atoms with E-state index in [1.165, 1.54) is 0 Å². The lowest BCUT2D eigenvalue weighted by molar-refractivity contribution is 0.101. The highest BCUT2D eigenvalue weighted by molar-refractivity contribution is 6.16. The van der Waals surface area contributed by atoms with Crippen molar-refractivity contribution in [3.05, 3.63) is 23.8 Å². The molecule has 0 aliphatic carbocycles. The predicted molar refractivity (Wildman–Crippen MR) is 58.2 cm³/mol. The number of carbonyl (C=O) groups excluding carboxylic acids is 1. The lowest BCUT2D eigenvalue weighted by atomic mass is 10.1. The summed E-state index contributed by atoms with van der Waals surface area (Å²) < 4.78 is 0. The van der Waals surface area contributed by atoms with Crippen molar-refractivity contribution in [1.82, 2.24) is 0 Å². The molecule has 0 radical (unpaired) electrons. The molecule has 0 atom stereocenters. The van der Waals surface area contributed by atoms with Crippen molar-refractivity contribution in [2.75, 3.05) is 17.6 Å². The molecule has 68 valence electrons. The maximum atomic E-state index is 11.1. The maximum absolute atomic E-state index is 11.1. The Bertz CT molecular complexity index is 303. The minimum absolute atomic E-state index is 0.0774. The normalized spacial score (nSPS) is 9.38. The Hall–Kier alpha value is -1.45. The van der Waals surface area contributed by atoms with Crippen molar-refractivity contribution in [2.45, 2.75) is 6.92 Å². The first-order valence-corrected chi connectivity index (χ1v) is 4.19. The summed E-state index contributed by atoms with van der Waals surface area (Å²) in [5, 5.41) is 6.01. The molecule has 2 N–H and O–H groups in total. The van der Waals surface area contributed by atoms with Crippen molar-refractivity contribution in [3.63, 3.8) is 0 Å². The number of rotatable bonds is 3. The lowest BCUT2D eigenvalue weighted by Crippen LogP contribution is -1.99. The molecular weight excluding hydrogens is 163 g/mol. The van der Waals surface area contributed by atoms with Gasteiger partial charge in [-0.2, -0.15) is 0 Å². The molecule has 0 fully saturated rings. The molecule has 0 aliphatic heterocycles. The van der Waals surface area contributed by atoms with Crippen LogP contribution in [0.25, 0.3) is 0 Å². The average molecular weight is 176 g/mol. The Morgan fingerprint density at radius 3 is 2.38 bits per heavy atom. The van der Waals surface area contributed by atoms with Gasteiger partial charge in [0.1, 0.15) is 0 Å². The van der Waals surface area contributed by atoms with Crippen LogP contribution in [-0.4, -0.2) is 20.8 Å². The summed E-state index contributed by atoms with van der Waals surface area (Å²) in [6.07, 6.45) is 0. The summed E-state index contributed by atoms with van der Waals surface area (Å²) in [6, 6.07) is 5.62. The quantitative estimate of drug-likeness (QED) is 0.530. The number of anilines is 2. The molecular formula is C9H13BN2O. The van der Waals surface area contributed by atoms with Gasteiger partial charge in [0.25, 0.3) is 0 Å². The van der Waals surface area contributed by atoms with Crippen LogP contribution in [0, 0.1) is 0 Å². The van der Waals surface area contributed by atoms with Crippen LogP contribution in [0.1, 0.15) is 17.3 Å². The van der Waals surface area contributed by atoms with E-state index in [0.717, 1.165) is 16.9 Å². The van der Waals surface area contributed by atoms with Gasteiger partial charge in [0.05, 0.1) is 0 Å². The van der Waals surface area contributed by atoms with Crippen LogP contribution >= 0.6 is 0 Å². The van der Waals surface area contributed by atoms with E-state index in [2.05, 4.69) is 10.5 Å². The number of nitrogens with one attached hydrogen (secondary N) is 2. The zero-order chi connectivity index (χ0) is 9.84. The van der Waals surface area contributed by atoms with E-state index < -0.39 is 0 Å². The van der Waals surface area contributed by atoms with E-state index in [4.69, 9.17) is 0 Å². The van der Waals surface area contributed by atoms with Crippen molar-refractivity contribution in [2.24, 2.45) is 0 Å². The molecule has 0 aliphatic rings. The molecule has 0 unspecified atom stereocenters. The summed E-state index contributed by atoms with van der Waals surface area (Å²) in [6.45, 7) is 1.56. The fraction of sp³-hybridized carbons (Fsp3) is 0.222. The number of hydrogen-bond donors (Lipinski definition) is 2. The van der Waals surface area contributed by atoms with Crippen LogP contribution in [0.4, 0.5) is 11.4 Å². The van der Waals surface area contributed by atoms with Crippen molar-refractivity contribution >= 4 is 25.1 Å². The molecule has 3 nitrogen and oxygen atoms in total. The lowest BCUT2D eigenvalue weighted by Gasteiger charge is -2.07. The number of carbonyl (C=O) groups is 1. The average Bonchev–Trinajstić information content (AvgIpc) is 2.16. The van der Waals surface area contributed by atoms with Gasteiger partial charge in [-0.25, -0.2) is 0 Å². The van der Waals surface area contributed by atoms with E-state index in [1.807, 2.05) is 33.2 Å². The molecule has 4 heteroatoms. The predicted octanol–water partition coefficient (Wildman–Crippen LogP) is 0.891. The Labute approximate surface area is 79.0 Å². The van der Waals surface area contributed by atoms with Gasteiger partial charge >= 0.3 is 0 Å². The van der Waals surface area contributed by atoms with Gasteiger partial charge in [-0.15, -0.1) is 0 Å². The van der Waals surface area contributed by atoms with Gasteiger partial charge in [-0.1, -0.05) is 0 Å². The highest BCUT2D eigenvalue weighted by Gasteiger charge is 2.02. The van der Waals surface area contributed by atoms with E-state index in [-0.39, 0.29) is 5.78 Å². The fourth-order valence-electron chi connectivity index (χ4n) is 1.12. The Balaban J connectivity index is 3.14. The van der Waals surface area contributed by atoms with Crippen LogP contribution in [0.5, 0.6) is 0 Å². The highest BCUT2D eigenvalue weighted by atomic mass is 16.1. The zero-order valence-electron chi connectivity index (χ0n) is 8.14. The summed E-state index contributed by atoms with van der Waals surface area (Å²) in [5.41, 5.74) is 2.60. The first-order chi connectivity index (χ1) is 6.17. The molecule has 1 aromatic carbocycles. The third-order valence-corrected chi connectivity index (χ3v) is 1.92. The minimum Gasteiger partial charge on any atom is -0.434 e. The Morgan fingerprint density at radius 2 is 1.92 bits per heavy atom. The van der Waals surface area contributed by atoms with Crippen LogP contribution in [-0.2, 0) is 0 Å². The number of ketones is 1. The molecule has 0 saturated carbocycles. The molecule has 0 saturated heterocycles. The van der Waals surface area contributed by atoms with Gasteiger partial charge in [0.2, 0.25) is 7.98 Å². The Kier molecular flexibility index (Phi) is 2.95. The van der Waals surface area contributed by atoms with Crippen molar-refractivity contribution in [3.8, 4) is 0 Å². The molecule has 1 aromatic rings. The van der Waals surface area contributed by atoms with Gasteiger partial charge in [-0.05, 0) is 25.1 Å². The van der Waals surface area contributed by atoms with E-state index in [9.17, 15) is 4.79 Å². The molecule has 0 bridgehead atoms. The molecule has 13 heavy (non-hydrogen) atoms. The summed E-state index contributed by atoms with van der Waals surface area (Å²) in [4.78, 5) is 11.1. The van der Waals surface area contributed by atoms with Crippen LogP contribution in [0.15, 0.2) is 18.2 Å². The second-order valence-electron chi connectivity index (χ2n) is 2.86. The van der Waals surface area contributed by atoms with Crippen molar-refractivity contribution in [1.29, 1.82) is 0 Å². The minimum atomic E-state index is 0.0774. The van der Waals surface area contributed by atoms with Gasteiger partial charge < -0.3 is 10.5 Å². The second kappa shape index (κ2) is 3.98. The maximum Gasteiger partial charge on any atom is 0.213 e. The zero-order valence-corrected chi connectivity index (χ0v) is 8.14. The van der Waals surface area contributed by atoms with Gasteiger partial charge in [0.15, 0.2) is 5.78 Å². The Morgan fingerprint density at radius 1 is 1.31 bits per heavy atom. The van der Waals surface area contributed by atoms with E-state index >= 15 is 0 Å². The summed E-state index contributed by atoms with van der Waals surface area (Å²) >= 11 is 0. The molecule has 0 amide bonds. The molecule has 0 aromatic heterocycles. The SMILES string of the molecule is BNc1cc(NC)cc(C(C)=O)c1. The molecule has 0 spiro atoms. The smallest absolute Gasteiger partial charge is 0.213 e. The van der Waals surface area contributed by atoms with Gasteiger partial charge in [-0.3, -0.25) is 4.79 Å². The number of hydrogen-bond acceptors (Lipinski definition) is 3. The number of benzene rings is 1. The van der Waals surface area contributed by atoms with E-state index in [1.54, 1.807) is 6.92 Å². The summed E-state index contributed by atoms with van der Waals surface area (Å²) in [7, 11) is 3.66. The summed E-state index contributed by atoms with van der Waals surface area (Å²) in [5.74, 6) is 0.0774. The second-order valence-corrected chi connectivity index (χ2v) is 2.86. The standard InChI is InChI=1S/C9H13BN2O/c1-6(13)7-3-8(11-2)5-9(4-7)12-10/h3-5,11-12H,10H2,1-2H3. The van der Waals surface area contributed by atoms with Crippen LogP contribution in [0.2, 0.25) is 0 Å². The topological polar surface area (TPSA) is 41.1 Å². The third-order valence-electron chi connectivity index (χ3n) is 1.92. The molecule has 0 heterocycles. The monoisotopic (exact) mass is 176 g/mol. The fourth-order valence-corrected chi connectivity index (χ4v) is 1.12. The third kappa shape index (κ3) is 2.24. The van der Waals surface area contributed by atoms with Crippen LogP contribution < -0.4 is 10.5 Å². The van der Waals surface area contributed by atoms with Gasteiger partial charge in [0, 0.05) is 24.0 Å². The first-order valence-electron chi connectivity index (χ1n) is 4.19. The first kappa shape index (κ1) is 9.64.